The number of nitrogens with zero attached hydrogens (tertiary/aromatic N) is 1. The number of ether oxygens (including phenoxy) is 1. The molecule has 120 valence electrons. The van der Waals surface area contributed by atoms with E-state index in [0.29, 0.717) is 0 Å². The summed E-state index contributed by atoms with van der Waals surface area (Å²) in [7, 11) is 0. The van der Waals surface area contributed by atoms with Crippen LogP contribution in [0.5, 0.6) is 0 Å². The molecule has 2 N–H and O–H groups in total. The van der Waals surface area contributed by atoms with Gasteiger partial charge in [0.25, 0.3) is 0 Å². The van der Waals surface area contributed by atoms with Crippen molar-refractivity contribution in [3.8, 4) is 0 Å². The topological polar surface area (TPSA) is 88.5 Å². The van der Waals surface area contributed by atoms with Crippen molar-refractivity contribution in [2.45, 2.75) is 25.5 Å². The van der Waals surface area contributed by atoms with Crippen LogP contribution in [0.2, 0.25) is 0 Å². The third-order valence-electron chi connectivity index (χ3n) is 3.37. The molecule has 1 atom stereocenters. The summed E-state index contributed by atoms with van der Waals surface area (Å²) >= 11 is 0. The highest BCUT2D eigenvalue weighted by Gasteiger charge is 2.35. The van der Waals surface area contributed by atoms with Crippen LogP contribution in [0, 0.1) is 0 Å². The molecule has 0 fully saturated rings. The third kappa shape index (κ3) is 4.81. The quantitative estimate of drug-likeness (QED) is 0.854. The zero-order valence-electron chi connectivity index (χ0n) is 12.7. The number of carbonyl (C=O) groups excluding carboxylic acids is 1. The van der Waals surface area contributed by atoms with Gasteiger partial charge in [0.05, 0.1) is 0 Å². The van der Waals surface area contributed by atoms with E-state index in [1.165, 1.54) is 6.92 Å². The molecule has 1 aromatic heterocycles. The SMILES string of the molecule is C[C@@](Cc1ccccc1)(NC(=O)OCc1ccncc1)C(=O)O. The second-order valence-electron chi connectivity index (χ2n) is 5.36. The van der Waals surface area contributed by atoms with E-state index in [1.807, 2.05) is 30.3 Å². The number of aromatic nitrogens is 1. The maximum atomic E-state index is 11.9. The Morgan fingerprint density at radius 1 is 1.13 bits per heavy atom. The summed E-state index contributed by atoms with van der Waals surface area (Å²) in [5.74, 6) is -1.12. The largest absolute Gasteiger partial charge is 0.480 e. The van der Waals surface area contributed by atoms with E-state index in [9.17, 15) is 14.7 Å². The van der Waals surface area contributed by atoms with Gasteiger partial charge in [0.1, 0.15) is 12.1 Å². The summed E-state index contributed by atoms with van der Waals surface area (Å²) in [5, 5.41) is 11.9. The van der Waals surface area contributed by atoms with E-state index < -0.39 is 17.6 Å². The molecule has 2 aromatic rings. The molecule has 0 spiro atoms. The summed E-state index contributed by atoms with van der Waals surface area (Å²) in [6.45, 7) is 1.51. The van der Waals surface area contributed by atoms with Gasteiger partial charge in [-0.05, 0) is 30.2 Å². The van der Waals surface area contributed by atoms with E-state index in [-0.39, 0.29) is 13.0 Å². The minimum Gasteiger partial charge on any atom is -0.480 e. The van der Waals surface area contributed by atoms with Crippen molar-refractivity contribution in [1.29, 1.82) is 0 Å². The van der Waals surface area contributed by atoms with Crippen LogP contribution < -0.4 is 5.32 Å². The molecule has 0 radical (unpaired) electrons. The molecule has 0 aliphatic carbocycles. The zero-order valence-corrected chi connectivity index (χ0v) is 12.7. The van der Waals surface area contributed by atoms with Gasteiger partial charge in [0.2, 0.25) is 0 Å². The van der Waals surface area contributed by atoms with Gasteiger partial charge in [-0.3, -0.25) is 4.98 Å². The molecule has 0 bridgehead atoms. The molecular weight excluding hydrogens is 296 g/mol. The van der Waals surface area contributed by atoms with Crippen LogP contribution >= 0.6 is 0 Å². The van der Waals surface area contributed by atoms with Crippen molar-refractivity contribution in [1.82, 2.24) is 10.3 Å². The number of amides is 1. The molecular formula is C17H18N2O4. The Bertz CT molecular complexity index is 661. The van der Waals surface area contributed by atoms with Gasteiger partial charge in [0.15, 0.2) is 0 Å². The Hall–Kier alpha value is -2.89. The predicted molar refractivity (Wildman–Crippen MR) is 83.7 cm³/mol. The van der Waals surface area contributed by atoms with Gasteiger partial charge in [-0.15, -0.1) is 0 Å². The predicted octanol–water partition coefficient (Wildman–Crippen LogP) is 2.39. The lowest BCUT2D eigenvalue weighted by Crippen LogP contribution is -2.53. The highest BCUT2D eigenvalue weighted by molar-refractivity contribution is 5.84. The maximum Gasteiger partial charge on any atom is 0.408 e. The van der Waals surface area contributed by atoms with Crippen LogP contribution in [-0.2, 0) is 22.6 Å². The summed E-state index contributed by atoms with van der Waals surface area (Å²) in [5.41, 5.74) is 0.138. The molecule has 0 saturated carbocycles. The molecule has 6 nitrogen and oxygen atoms in total. The van der Waals surface area contributed by atoms with Crippen LogP contribution in [0.15, 0.2) is 54.9 Å². The molecule has 0 aliphatic rings. The van der Waals surface area contributed by atoms with Crippen LogP contribution in [-0.4, -0.2) is 27.7 Å². The molecule has 0 unspecified atom stereocenters. The van der Waals surface area contributed by atoms with Crippen molar-refractivity contribution in [2.75, 3.05) is 0 Å². The number of hydrogen-bond acceptors (Lipinski definition) is 4. The van der Waals surface area contributed by atoms with Crippen LogP contribution in [0.25, 0.3) is 0 Å². The van der Waals surface area contributed by atoms with Crippen LogP contribution in [0.4, 0.5) is 4.79 Å². The van der Waals surface area contributed by atoms with E-state index >= 15 is 0 Å². The standard InChI is InChI=1S/C17H18N2O4/c1-17(15(20)21,11-13-5-3-2-4-6-13)19-16(22)23-12-14-7-9-18-10-8-14/h2-10H,11-12H2,1H3,(H,19,22)(H,20,21)/t17-/m0/s1. The Balaban J connectivity index is 1.98. The zero-order chi connectivity index (χ0) is 16.7. The number of benzene rings is 1. The highest BCUT2D eigenvalue weighted by Crippen LogP contribution is 2.14. The number of carboxylic acids is 1. The average molecular weight is 314 g/mol. The molecule has 23 heavy (non-hydrogen) atoms. The fraction of sp³-hybridized carbons (Fsp3) is 0.235. The molecule has 1 heterocycles. The Labute approximate surface area is 134 Å². The van der Waals surface area contributed by atoms with Gasteiger partial charge >= 0.3 is 12.1 Å². The lowest BCUT2D eigenvalue weighted by atomic mass is 9.93. The Kier molecular flexibility index (Phi) is 5.30. The highest BCUT2D eigenvalue weighted by atomic mass is 16.5. The first-order chi connectivity index (χ1) is 11.0. The van der Waals surface area contributed by atoms with Crippen molar-refractivity contribution in [3.05, 3.63) is 66.0 Å². The minimum absolute atomic E-state index is 0.0510. The maximum absolute atomic E-state index is 11.9. The van der Waals surface area contributed by atoms with Crippen molar-refractivity contribution >= 4 is 12.1 Å². The fourth-order valence-corrected chi connectivity index (χ4v) is 2.07. The molecule has 0 saturated heterocycles. The number of aliphatic carboxylic acids is 1. The summed E-state index contributed by atoms with van der Waals surface area (Å²) in [6, 6.07) is 12.5. The lowest BCUT2D eigenvalue weighted by molar-refractivity contribution is -0.143. The van der Waals surface area contributed by atoms with E-state index in [0.717, 1.165) is 11.1 Å². The second kappa shape index (κ2) is 7.40. The number of alkyl carbamates (subject to hydrolysis) is 1. The molecule has 1 amide bonds. The normalized spacial score (nSPS) is 12.9. The minimum atomic E-state index is -1.45. The Morgan fingerprint density at radius 3 is 2.39 bits per heavy atom. The Morgan fingerprint density at radius 2 is 1.78 bits per heavy atom. The van der Waals surface area contributed by atoms with E-state index in [2.05, 4.69) is 10.3 Å². The van der Waals surface area contributed by atoms with Crippen LogP contribution in [0.1, 0.15) is 18.1 Å². The summed E-state index contributed by atoms with van der Waals surface area (Å²) in [6.07, 6.45) is 2.57. The molecule has 0 aliphatic heterocycles. The third-order valence-corrected chi connectivity index (χ3v) is 3.37. The van der Waals surface area contributed by atoms with Crippen molar-refractivity contribution in [3.63, 3.8) is 0 Å². The smallest absolute Gasteiger partial charge is 0.408 e. The number of hydrogen-bond donors (Lipinski definition) is 2. The number of pyridine rings is 1. The first-order valence-corrected chi connectivity index (χ1v) is 7.11. The van der Waals surface area contributed by atoms with Gasteiger partial charge in [0, 0.05) is 18.8 Å². The molecule has 1 aromatic carbocycles. The number of carboxylic acid groups (broad SMARTS) is 1. The summed E-state index contributed by atoms with van der Waals surface area (Å²) in [4.78, 5) is 27.3. The second-order valence-corrected chi connectivity index (χ2v) is 5.36. The van der Waals surface area contributed by atoms with Gasteiger partial charge in [-0.1, -0.05) is 30.3 Å². The fourth-order valence-electron chi connectivity index (χ4n) is 2.07. The number of rotatable bonds is 6. The first-order valence-electron chi connectivity index (χ1n) is 7.11. The van der Waals surface area contributed by atoms with Gasteiger partial charge < -0.3 is 15.2 Å². The monoisotopic (exact) mass is 314 g/mol. The van der Waals surface area contributed by atoms with E-state index in [1.54, 1.807) is 24.5 Å². The van der Waals surface area contributed by atoms with E-state index in [4.69, 9.17) is 4.74 Å². The first kappa shape index (κ1) is 16.5. The van der Waals surface area contributed by atoms with Crippen molar-refractivity contribution < 1.29 is 19.4 Å². The summed E-state index contributed by atoms with van der Waals surface area (Å²) < 4.78 is 5.07. The average Bonchev–Trinajstić information content (AvgIpc) is 2.54. The number of carbonyl (C=O) groups is 2. The lowest BCUT2D eigenvalue weighted by Gasteiger charge is -2.26. The van der Waals surface area contributed by atoms with Gasteiger partial charge in [-0.2, -0.15) is 0 Å². The van der Waals surface area contributed by atoms with Crippen LogP contribution in [0.3, 0.4) is 0 Å². The molecule has 6 heteroatoms. The number of nitrogens with one attached hydrogen (secondary N) is 1. The molecule has 2 rings (SSSR count). The van der Waals surface area contributed by atoms with Gasteiger partial charge in [-0.25, -0.2) is 9.59 Å². The van der Waals surface area contributed by atoms with Crippen molar-refractivity contribution in [2.24, 2.45) is 0 Å².